The second-order valence-corrected chi connectivity index (χ2v) is 9.70. The summed E-state index contributed by atoms with van der Waals surface area (Å²) in [6.45, 7) is 2.17. The molecule has 1 fully saturated rings. The lowest BCUT2D eigenvalue weighted by Gasteiger charge is -2.26. The van der Waals surface area contributed by atoms with Crippen LogP contribution >= 0.6 is 0 Å². The third-order valence-corrected chi connectivity index (χ3v) is 7.59. The fourth-order valence-corrected chi connectivity index (χ4v) is 5.95. The number of hydrogen-bond acceptors (Lipinski definition) is 7. The molecule has 2 aliphatic heterocycles. The van der Waals surface area contributed by atoms with Crippen LogP contribution in [0.5, 0.6) is 17.5 Å². The molecule has 0 spiro atoms. The van der Waals surface area contributed by atoms with Gasteiger partial charge < -0.3 is 19.7 Å². The molecular formula is C28H23N3O6. The topological polar surface area (TPSA) is 131 Å². The Balaban J connectivity index is 1.42. The molecule has 2 aliphatic rings. The Morgan fingerprint density at radius 2 is 1.84 bits per heavy atom. The van der Waals surface area contributed by atoms with Crippen LogP contribution in [0.15, 0.2) is 60.7 Å². The highest BCUT2D eigenvalue weighted by Crippen LogP contribution is 2.65. The zero-order valence-electron chi connectivity index (χ0n) is 20.0. The molecule has 2 atom stereocenters. The molecule has 3 aromatic carbocycles. The maximum atomic E-state index is 11.6. The summed E-state index contributed by atoms with van der Waals surface area (Å²) in [5.41, 5.74) is 0.287. The van der Waals surface area contributed by atoms with Crippen molar-refractivity contribution in [1.29, 1.82) is 5.26 Å². The number of nitro benzene ring substituents is 1. The van der Waals surface area contributed by atoms with Gasteiger partial charge in [0.2, 0.25) is 11.8 Å². The first kappa shape index (κ1) is 22.9. The molecule has 0 amide bonds. The molecule has 37 heavy (non-hydrogen) atoms. The summed E-state index contributed by atoms with van der Waals surface area (Å²) in [5, 5.41) is 44.6. The van der Waals surface area contributed by atoms with Gasteiger partial charge in [-0.15, -0.1) is 0 Å². The van der Waals surface area contributed by atoms with E-state index in [0.29, 0.717) is 58.2 Å². The van der Waals surface area contributed by atoms with Crippen molar-refractivity contribution in [2.24, 2.45) is 0 Å². The van der Waals surface area contributed by atoms with Gasteiger partial charge in [-0.05, 0) is 50.1 Å². The lowest BCUT2D eigenvalue weighted by molar-refractivity contribution is -0.383. The van der Waals surface area contributed by atoms with Gasteiger partial charge in [0.05, 0.1) is 51.0 Å². The molecule has 2 unspecified atom stereocenters. The van der Waals surface area contributed by atoms with Crippen LogP contribution in [0.3, 0.4) is 0 Å². The number of non-ortho nitro benzene ring substituents is 1. The van der Waals surface area contributed by atoms with Gasteiger partial charge in [0, 0.05) is 17.9 Å². The average molecular weight is 498 g/mol. The number of nitrogens with zero attached hydrogens (tertiary/aromatic N) is 3. The minimum absolute atomic E-state index is 0.0533. The van der Waals surface area contributed by atoms with Crippen LogP contribution in [-0.4, -0.2) is 26.3 Å². The van der Waals surface area contributed by atoms with Crippen molar-refractivity contribution in [2.45, 2.75) is 37.4 Å². The molecule has 1 saturated heterocycles. The van der Waals surface area contributed by atoms with Gasteiger partial charge in [-0.25, -0.2) is 0 Å². The highest BCUT2D eigenvalue weighted by Gasteiger charge is 2.61. The number of aromatic nitrogens is 1. The number of nitriles is 1. The minimum atomic E-state index is -0.861. The Bertz CT molecular complexity index is 1640. The first-order valence-corrected chi connectivity index (χ1v) is 12.0. The molecule has 2 bridgehead atoms. The van der Waals surface area contributed by atoms with Crippen LogP contribution < -0.4 is 4.74 Å². The van der Waals surface area contributed by atoms with Crippen molar-refractivity contribution < 1.29 is 24.6 Å². The van der Waals surface area contributed by atoms with E-state index >= 15 is 0 Å². The fourth-order valence-electron chi connectivity index (χ4n) is 5.95. The van der Waals surface area contributed by atoms with Crippen LogP contribution in [-0.2, 0) is 15.9 Å². The monoisotopic (exact) mass is 497 g/mol. The van der Waals surface area contributed by atoms with Crippen molar-refractivity contribution in [3.8, 4) is 29.3 Å². The van der Waals surface area contributed by atoms with Crippen molar-refractivity contribution in [1.82, 2.24) is 4.57 Å². The summed E-state index contributed by atoms with van der Waals surface area (Å²) in [4.78, 5) is 11.1. The van der Waals surface area contributed by atoms with Crippen LogP contribution in [0, 0.1) is 21.4 Å². The summed E-state index contributed by atoms with van der Waals surface area (Å²) in [7, 11) is 0. The normalized spacial score (nSPS) is 21.6. The first-order chi connectivity index (χ1) is 17.8. The third kappa shape index (κ3) is 3.26. The fraction of sp³-hybridized carbons (Fsp3) is 0.250. The summed E-state index contributed by atoms with van der Waals surface area (Å²) < 4.78 is 13.7. The number of nitro groups is 1. The van der Waals surface area contributed by atoms with E-state index < -0.39 is 16.1 Å². The first-order valence-electron chi connectivity index (χ1n) is 12.0. The Hall–Kier alpha value is -4.55. The molecular weight excluding hydrogens is 474 g/mol. The zero-order chi connectivity index (χ0) is 25.9. The standard InChI is InChI=1S/C28H23N3O6/c1-27-11-12-28(37-27,13-14-36-18-6-4-5-17(15-18)16-29)24-23(27)25(32)30(26(24)33)21-9-10-22(31(34)35)20-8-3-2-7-19(20)21/h2-10,15,32-33H,11-14H2,1H3. The number of rotatable bonds is 6. The molecule has 0 saturated carbocycles. The summed E-state index contributed by atoms with van der Waals surface area (Å²) in [6.07, 6.45) is 1.71. The van der Waals surface area contributed by atoms with Gasteiger partial charge in [-0.1, -0.05) is 24.3 Å². The highest BCUT2D eigenvalue weighted by molar-refractivity contribution is 5.97. The SMILES string of the molecule is CC12CCC(CCOc3cccc(C#N)c3)(O1)c1c2c(O)n(-c2ccc([N+](=O)[O-])c3ccccc23)c1O. The third-order valence-electron chi connectivity index (χ3n) is 7.59. The lowest BCUT2D eigenvalue weighted by atomic mass is 9.78. The maximum absolute atomic E-state index is 11.6. The van der Waals surface area contributed by atoms with Gasteiger partial charge in [-0.2, -0.15) is 5.26 Å². The van der Waals surface area contributed by atoms with Gasteiger partial charge in [0.25, 0.3) is 5.69 Å². The number of fused-ring (bicyclic) bond motifs is 6. The largest absolute Gasteiger partial charge is 0.494 e. The number of ether oxygens (including phenoxy) is 2. The molecule has 4 aromatic rings. The predicted octanol–water partition coefficient (Wildman–Crippen LogP) is 5.53. The van der Waals surface area contributed by atoms with Crippen LogP contribution in [0.4, 0.5) is 5.69 Å². The Kier molecular flexibility index (Phi) is 4.94. The lowest BCUT2D eigenvalue weighted by Crippen LogP contribution is -2.25. The summed E-state index contributed by atoms with van der Waals surface area (Å²) in [6, 6.07) is 18.8. The molecule has 186 valence electrons. The number of benzene rings is 3. The van der Waals surface area contributed by atoms with Crippen LogP contribution in [0.25, 0.3) is 16.5 Å². The number of hydrogen-bond donors (Lipinski definition) is 2. The van der Waals surface area contributed by atoms with Crippen molar-refractivity contribution >= 4 is 16.5 Å². The van der Waals surface area contributed by atoms with E-state index in [9.17, 15) is 20.3 Å². The maximum Gasteiger partial charge on any atom is 0.277 e. The molecule has 6 rings (SSSR count). The average Bonchev–Trinajstić information content (AvgIpc) is 3.47. The van der Waals surface area contributed by atoms with E-state index in [1.54, 1.807) is 48.5 Å². The van der Waals surface area contributed by atoms with E-state index in [0.717, 1.165) is 0 Å². The van der Waals surface area contributed by atoms with Gasteiger partial charge in [0.15, 0.2) is 0 Å². The van der Waals surface area contributed by atoms with E-state index in [1.807, 2.05) is 6.92 Å². The van der Waals surface area contributed by atoms with Crippen molar-refractivity contribution in [2.75, 3.05) is 6.61 Å². The smallest absolute Gasteiger partial charge is 0.277 e. The Labute approximate surface area is 211 Å². The van der Waals surface area contributed by atoms with Gasteiger partial charge in [-0.3, -0.25) is 14.7 Å². The zero-order valence-corrected chi connectivity index (χ0v) is 20.0. The van der Waals surface area contributed by atoms with E-state index in [-0.39, 0.29) is 24.1 Å². The summed E-state index contributed by atoms with van der Waals surface area (Å²) >= 11 is 0. The van der Waals surface area contributed by atoms with E-state index in [2.05, 4.69) is 6.07 Å². The molecule has 0 aliphatic carbocycles. The molecule has 9 nitrogen and oxygen atoms in total. The second kappa shape index (κ2) is 7.98. The molecule has 1 aromatic heterocycles. The van der Waals surface area contributed by atoms with E-state index in [4.69, 9.17) is 14.7 Å². The van der Waals surface area contributed by atoms with Crippen molar-refractivity contribution in [3.05, 3.63) is 87.5 Å². The van der Waals surface area contributed by atoms with Crippen molar-refractivity contribution in [3.63, 3.8) is 0 Å². The Morgan fingerprint density at radius 1 is 1.08 bits per heavy atom. The quantitative estimate of drug-likeness (QED) is 0.265. The molecule has 3 heterocycles. The highest BCUT2D eigenvalue weighted by atomic mass is 16.6. The molecule has 9 heteroatoms. The van der Waals surface area contributed by atoms with Gasteiger partial charge >= 0.3 is 0 Å². The number of aromatic hydroxyl groups is 2. The molecule has 2 N–H and O–H groups in total. The van der Waals surface area contributed by atoms with Crippen LogP contribution in [0.2, 0.25) is 0 Å². The predicted molar refractivity (Wildman–Crippen MR) is 134 cm³/mol. The van der Waals surface area contributed by atoms with Gasteiger partial charge in [0.1, 0.15) is 11.4 Å². The van der Waals surface area contributed by atoms with Crippen LogP contribution in [0.1, 0.15) is 42.9 Å². The second-order valence-electron chi connectivity index (χ2n) is 9.70. The van der Waals surface area contributed by atoms with E-state index in [1.165, 1.54) is 16.7 Å². The Morgan fingerprint density at radius 3 is 2.59 bits per heavy atom. The summed E-state index contributed by atoms with van der Waals surface area (Å²) in [5.74, 6) is 0.274. The molecule has 0 radical (unpaired) electrons. The minimum Gasteiger partial charge on any atom is -0.494 e.